The molecule has 2 N–H and O–H groups in total. The lowest BCUT2D eigenvalue weighted by molar-refractivity contribution is -0.121. The topological polar surface area (TPSA) is 67.4 Å². The van der Waals surface area contributed by atoms with E-state index in [4.69, 9.17) is 16.3 Å². The van der Waals surface area contributed by atoms with Crippen LogP contribution in [-0.4, -0.2) is 18.5 Å². The SMILES string of the molecule is Cc1cc(OCC(=O)NC(=O)Nc2ccccc2F)ccc1Cl. The van der Waals surface area contributed by atoms with E-state index in [-0.39, 0.29) is 12.3 Å². The highest BCUT2D eigenvalue weighted by Gasteiger charge is 2.11. The van der Waals surface area contributed by atoms with Gasteiger partial charge in [0.05, 0.1) is 5.69 Å². The lowest BCUT2D eigenvalue weighted by Gasteiger charge is -2.09. The number of imide groups is 1. The van der Waals surface area contributed by atoms with Crippen molar-refractivity contribution in [3.8, 4) is 5.75 Å². The summed E-state index contributed by atoms with van der Waals surface area (Å²) in [5.41, 5.74) is 0.786. The number of hydrogen-bond acceptors (Lipinski definition) is 3. The van der Waals surface area contributed by atoms with E-state index in [1.165, 1.54) is 18.2 Å². The standard InChI is InChI=1S/C16H14ClFN2O3/c1-10-8-11(6-7-12(10)17)23-9-15(21)20-16(22)19-14-5-3-2-4-13(14)18/h2-8H,9H2,1H3,(H2,19,20,21,22). The summed E-state index contributed by atoms with van der Waals surface area (Å²) in [4.78, 5) is 23.2. The summed E-state index contributed by atoms with van der Waals surface area (Å²) in [5, 5.41) is 4.87. The number of para-hydroxylation sites is 1. The average molecular weight is 337 g/mol. The van der Waals surface area contributed by atoms with E-state index < -0.39 is 17.8 Å². The summed E-state index contributed by atoms with van der Waals surface area (Å²) in [6.07, 6.45) is 0. The fraction of sp³-hybridized carbons (Fsp3) is 0.125. The third-order valence-electron chi connectivity index (χ3n) is 2.87. The molecule has 0 aliphatic carbocycles. The fourth-order valence-corrected chi connectivity index (χ4v) is 1.85. The van der Waals surface area contributed by atoms with Crippen LogP contribution in [0.4, 0.5) is 14.9 Å². The molecule has 0 aliphatic rings. The lowest BCUT2D eigenvalue weighted by atomic mass is 10.2. The van der Waals surface area contributed by atoms with Crippen LogP contribution in [0.1, 0.15) is 5.56 Å². The maximum Gasteiger partial charge on any atom is 0.326 e. The van der Waals surface area contributed by atoms with Crippen molar-refractivity contribution >= 4 is 29.2 Å². The number of urea groups is 1. The van der Waals surface area contributed by atoms with Crippen LogP contribution >= 0.6 is 11.6 Å². The minimum Gasteiger partial charge on any atom is -0.484 e. The van der Waals surface area contributed by atoms with Gasteiger partial charge in [-0.25, -0.2) is 9.18 Å². The quantitative estimate of drug-likeness (QED) is 0.897. The molecule has 0 aliphatic heterocycles. The van der Waals surface area contributed by atoms with Crippen molar-refractivity contribution < 1.29 is 18.7 Å². The first kappa shape index (κ1) is 16.8. The van der Waals surface area contributed by atoms with E-state index in [9.17, 15) is 14.0 Å². The number of carbonyl (C=O) groups excluding carboxylic acids is 2. The zero-order valence-corrected chi connectivity index (χ0v) is 13.0. The third-order valence-corrected chi connectivity index (χ3v) is 3.30. The number of amides is 3. The van der Waals surface area contributed by atoms with Gasteiger partial charge in [0, 0.05) is 5.02 Å². The lowest BCUT2D eigenvalue weighted by Crippen LogP contribution is -2.37. The van der Waals surface area contributed by atoms with Gasteiger partial charge >= 0.3 is 6.03 Å². The monoisotopic (exact) mass is 336 g/mol. The number of anilines is 1. The molecule has 2 aromatic rings. The predicted molar refractivity (Wildman–Crippen MR) is 85.2 cm³/mol. The number of rotatable bonds is 4. The molecule has 120 valence electrons. The van der Waals surface area contributed by atoms with Crippen LogP contribution in [-0.2, 0) is 4.79 Å². The first-order valence-corrected chi connectivity index (χ1v) is 7.08. The number of aryl methyl sites for hydroxylation is 1. The van der Waals surface area contributed by atoms with Gasteiger partial charge < -0.3 is 10.1 Å². The van der Waals surface area contributed by atoms with E-state index >= 15 is 0 Å². The van der Waals surface area contributed by atoms with Crippen molar-refractivity contribution in [1.82, 2.24) is 5.32 Å². The molecule has 0 heterocycles. The molecule has 0 saturated heterocycles. The highest BCUT2D eigenvalue weighted by atomic mass is 35.5. The van der Waals surface area contributed by atoms with Crippen LogP contribution in [0.25, 0.3) is 0 Å². The third kappa shape index (κ3) is 4.96. The Morgan fingerprint density at radius 2 is 1.96 bits per heavy atom. The first-order valence-electron chi connectivity index (χ1n) is 6.70. The van der Waals surface area contributed by atoms with Gasteiger partial charge in [-0.05, 0) is 42.8 Å². The minimum atomic E-state index is -0.837. The Morgan fingerprint density at radius 3 is 2.65 bits per heavy atom. The summed E-state index contributed by atoms with van der Waals surface area (Å²) in [6.45, 7) is 1.45. The van der Waals surface area contributed by atoms with E-state index in [1.54, 1.807) is 31.2 Å². The number of halogens is 2. The van der Waals surface area contributed by atoms with Gasteiger partial charge in [0.15, 0.2) is 6.61 Å². The molecule has 0 fully saturated rings. The molecule has 7 heteroatoms. The highest BCUT2D eigenvalue weighted by molar-refractivity contribution is 6.31. The molecule has 0 radical (unpaired) electrons. The largest absolute Gasteiger partial charge is 0.484 e. The molecule has 0 unspecified atom stereocenters. The summed E-state index contributed by atoms with van der Waals surface area (Å²) in [5.74, 6) is -0.800. The van der Waals surface area contributed by atoms with Gasteiger partial charge in [0.1, 0.15) is 11.6 Å². The number of benzene rings is 2. The molecule has 0 bridgehead atoms. The van der Waals surface area contributed by atoms with Crippen LogP contribution < -0.4 is 15.4 Å². The summed E-state index contributed by atoms with van der Waals surface area (Å²) >= 11 is 5.88. The van der Waals surface area contributed by atoms with Gasteiger partial charge in [-0.15, -0.1) is 0 Å². The van der Waals surface area contributed by atoms with E-state index in [1.807, 2.05) is 5.32 Å². The summed E-state index contributed by atoms with van der Waals surface area (Å²) in [7, 11) is 0. The minimum absolute atomic E-state index is 0.0213. The molecule has 5 nitrogen and oxygen atoms in total. The Hall–Kier alpha value is -2.60. The Morgan fingerprint density at radius 1 is 1.22 bits per heavy atom. The summed E-state index contributed by atoms with van der Waals surface area (Å²) < 4.78 is 18.6. The Labute approximate surface area is 137 Å². The molecule has 2 aromatic carbocycles. The fourth-order valence-electron chi connectivity index (χ4n) is 1.73. The van der Waals surface area contributed by atoms with E-state index in [2.05, 4.69) is 5.32 Å². The van der Waals surface area contributed by atoms with E-state index in [0.29, 0.717) is 10.8 Å². The van der Waals surface area contributed by atoms with Crippen molar-refractivity contribution in [1.29, 1.82) is 0 Å². The number of nitrogens with one attached hydrogen (secondary N) is 2. The number of hydrogen-bond donors (Lipinski definition) is 2. The second-order valence-electron chi connectivity index (χ2n) is 4.68. The maximum absolute atomic E-state index is 13.4. The van der Waals surface area contributed by atoms with Crippen molar-refractivity contribution in [3.63, 3.8) is 0 Å². The van der Waals surface area contributed by atoms with E-state index in [0.717, 1.165) is 5.56 Å². The van der Waals surface area contributed by atoms with Crippen molar-refractivity contribution in [2.24, 2.45) is 0 Å². The van der Waals surface area contributed by atoms with Gasteiger partial charge in [0.25, 0.3) is 5.91 Å². The zero-order chi connectivity index (χ0) is 16.8. The zero-order valence-electron chi connectivity index (χ0n) is 12.2. The molecule has 2 rings (SSSR count). The van der Waals surface area contributed by atoms with Gasteiger partial charge in [-0.3, -0.25) is 10.1 Å². The molecule has 0 atom stereocenters. The van der Waals surface area contributed by atoms with Crippen LogP contribution in [0.3, 0.4) is 0 Å². The van der Waals surface area contributed by atoms with Crippen molar-refractivity contribution in [2.45, 2.75) is 6.92 Å². The highest BCUT2D eigenvalue weighted by Crippen LogP contribution is 2.20. The normalized spacial score (nSPS) is 10.0. The van der Waals surface area contributed by atoms with Crippen molar-refractivity contribution in [2.75, 3.05) is 11.9 Å². The van der Waals surface area contributed by atoms with Gasteiger partial charge in [0.2, 0.25) is 0 Å². The second-order valence-corrected chi connectivity index (χ2v) is 5.09. The molecular formula is C16H14ClFN2O3. The molecular weight excluding hydrogens is 323 g/mol. The van der Waals surface area contributed by atoms with Gasteiger partial charge in [-0.2, -0.15) is 0 Å². The first-order chi connectivity index (χ1) is 11.0. The number of carbonyl (C=O) groups is 2. The number of ether oxygens (including phenoxy) is 1. The van der Waals surface area contributed by atoms with Crippen LogP contribution in [0.2, 0.25) is 5.02 Å². The van der Waals surface area contributed by atoms with Gasteiger partial charge in [-0.1, -0.05) is 23.7 Å². The molecule has 0 saturated carbocycles. The molecule has 0 aromatic heterocycles. The van der Waals surface area contributed by atoms with Crippen LogP contribution in [0, 0.1) is 12.7 Å². The molecule has 0 spiro atoms. The molecule has 23 heavy (non-hydrogen) atoms. The Bertz CT molecular complexity index is 737. The van der Waals surface area contributed by atoms with Crippen LogP contribution in [0.5, 0.6) is 5.75 Å². The van der Waals surface area contributed by atoms with Crippen molar-refractivity contribution in [3.05, 3.63) is 58.9 Å². The summed E-state index contributed by atoms with van der Waals surface area (Å²) in [6, 6.07) is 9.73. The smallest absolute Gasteiger partial charge is 0.326 e. The second kappa shape index (κ2) is 7.60. The molecule has 3 amide bonds. The average Bonchev–Trinajstić information content (AvgIpc) is 2.51. The van der Waals surface area contributed by atoms with Crippen LogP contribution in [0.15, 0.2) is 42.5 Å². The Balaban J connectivity index is 1.83. The maximum atomic E-state index is 13.4. The predicted octanol–water partition coefficient (Wildman–Crippen LogP) is 3.51. The Kier molecular flexibility index (Phi) is 5.54.